The molecule has 26 heteroatoms. The Kier molecular flexibility index (Phi) is 17.4. The number of benzene rings is 7. The van der Waals surface area contributed by atoms with Crippen LogP contribution in [0.25, 0.3) is 0 Å². The van der Waals surface area contributed by atoms with Crippen LogP contribution >= 0.6 is 0 Å². The van der Waals surface area contributed by atoms with E-state index in [0.717, 1.165) is 0 Å². The maximum absolute atomic E-state index is 14.2. The van der Waals surface area contributed by atoms with E-state index < -0.39 is 195 Å². The summed E-state index contributed by atoms with van der Waals surface area (Å²) < 4.78 is 341. The summed E-state index contributed by atoms with van der Waals surface area (Å²) in [7, 11) is -0.0841. The van der Waals surface area contributed by atoms with Crippen LogP contribution in [-0.4, -0.2) is 6.15 Å². The third-order valence-corrected chi connectivity index (χ3v) is 16.4. The fourth-order valence-electron chi connectivity index (χ4n) is 9.74. The first-order chi connectivity index (χ1) is 37.2. The molecule has 0 atom stereocenters. The zero-order valence-electron chi connectivity index (χ0n) is 42.7. The molecular formula is C56H39BF24S. The van der Waals surface area contributed by atoms with E-state index in [2.05, 4.69) is 96.1 Å². The number of hydrogen-bond donors (Lipinski definition) is 0. The summed E-state index contributed by atoms with van der Waals surface area (Å²) in [6.07, 6.45) is -54.8. The highest BCUT2D eigenvalue weighted by molar-refractivity contribution is 7.97. The van der Waals surface area contributed by atoms with Gasteiger partial charge in [-0.05, 0) is 65.8 Å². The van der Waals surface area contributed by atoms with Crippen molar-refractivity contribution < 1.29 is 105 Å². The van der Waals surface area contributed by atoms with Crippen LogP contribution in [0, 0.1) is 41.5 Å². The van der Waals surface area contributed by atoms with Crippen LogP contribution < -0.4 is 21.9 Å². The van der Waals surface area contributed by atoms with Crippen molar-refractivity contribution in [3.05, 3.63) is 205 Å². The van der Waals surface area contributed by atoms with Gasteiger partial charge in [-0.15, -0.1) is 0 Å². The second kappa shape index (κ2) is 22.1. The number of alkyl halides is 24. The summed E-state index contributed by atoms with van der Waals surface area (Å²) in [5.74, 6) is 0. The van der Waals surface area contributed by atoms with Gasteiger partial charge in [-0.25, -0.2) is 0 Å². The van der Waals surface area contributed by atoms with E-state index >= 15 is 0 Å². The Hall–Kier alpha value is -6.73. The Bertz CT molecular complexity index is 2880. The summed E-state index contributed by atoms with van der Waals surface area (Å²) >= 11 is 0. The first kappa shape index (κ1) is 64.4. The van der Waals surface area contributed by atoms with Crippen LogP contribution in [0.4, 0.5) is 105 Å². The normalized spacial score (nSPS) is 13.4. The molecule has 0 amide bonds. The van der Waals surface area contributed by atoms with Crippen molar-refractivity contribution in [2.24, 2.45) is 0 Å². The summed E-state index contributed by atoms with van der Waals surface area (Å²) in [4.78, 5) is 4.45. The molecule has 0 unspecified atom stereocenters. The van der Waals surface area contributed by atoms with Crippen LogP contribution in [0.5, 0.6) is 0 Å². The van der Waals surface area contributed by atoms with Gasteiger partial charge in [-0.1, -0.05) is 103 Å². The number of hydrogen-bond acceptors (Lipinski definition) is 0. The second-order valence-electron chi connectivity index (χ2n) is 19.2. The molecule has 0 N–H and O–H groups in total. The first-order valence-corrected chi connectivity index (χ1v) is 24.7. The smallest absolute Gasteiger partial charge is 0.194 e. The lowest BCUT2D eigenvalue weighted by molar-refractivity contribution is -0.144. The van der Waals surface area contributed by atoms with Gasteiger partial charge in [0.05, 0.1) is 44.5 Å². The maximum atomic E-state index is 14.2. The van der Waals surface area contributed by atoms with Gasteiger partial charge >= 0.3 is 49.4 Å². The highest BCUT2D eigenvalue weighted by Gasteiger charge is 2.48. The third kappa shape index (κ3) is 13.7. The highest BCUT2D eigenvalue weighted by Crippen LogP contribution is 2.44. The minimum Gasteiger partial charge on any atom is -0.194 e. The number of rotatable bonds is 7. The van der Waals surface area contributed by atoms with E-state index in [-0.39, 0.29) is 10.9 Å². The molecule has 0 heterocycles. The van der Waals surface area contributed by atoms with E-state index in [1.165, 1.54) is 48.1 Å². The number of aryl methyl sites for hydroxylation is 6. The summed E-state index contributed by atoms with van der Waals surface area (Å²) in [6.45, 7) is 13.5. The first-order valence-electron chi connectivity index (χ1n) is 23.5. The van der Waals surface area contributed by atoms with E-state index in [1.54, 1.807) is 0 Å². The predicted molar refractivity (Wildman–Crippen MR) is 260 cm³/mol. The number of halogens is 24. The van der Waals surface area contributed by atoms with Crippen LogP contribution in [-0.2, 0) is 60.3 Å². The lowest BCUT2D eigenvalue weighted by atomic mass is 9.12. The van der Waals surface area contributed by atoms with Gasteiger partial charge in [0, 0.05) is 33.4 Å². The van der Waals surface area contributed by atoms with Crippen molar-refractivity contribution >= 4 is 38.9 Å². The summed E-state index contributed by atoms with van der Waals surface area (Å²) in [5, 5.41) is 0. The van der Waals surface area contributed by atoms with Gasteiger partial charge < -0.3 is 0 Å². The monoisotopic (exact) mass is 1210 g/mol. The minimum absolute atomic E-state index is 0.0841. The molecule has 0 fully saturated rings. The Morgan fingerprint density at radius 1 is 0.232 bits per heavy atom. The molecule has 0 aliphatic carbocycles. The fraction of sp³-hybridized carbons (Fsp3) is 0.250. The Balaban J connectivity index is 0.000000357. The van der Waals surface area contributed by atoms with E-state index in [4.69, 9.17) is 0 Å². The quantitative estimate of drug-likeness (QED) is 0.0848. The molecule has 7 aromatic carbocycles. The van der Waals surface area contributed by atoms with Crippen molar-refractivity contribution in [3.8, 4) is 0 Å². The predicted octanol–water partition coefficient (Wildman–Crippen LogP) is 17.8. The molecule has 440 valence electrons. The van der Waals surface area contributed by atoms with Crippen molar-refractivity contribution in [1.29, 1.82) is 0 Å². The molecule has 0 spiro atoms. The Labute approximate surface area is 454 Å². The SMILES string of the molecule is Cc1cccc(C)c1[S+](c1c(C)cccc1C)c1c(C)cccc1C.FC(F)(F)c1cc([B-](c2cc(C(F)(F)F)cc(C(F)(F)F)c2)(c2cc(C(F)(F)F)cc(C(F)(F)F)c2)c2cc(C(F)(F)F)cc(C(F)(F)F)c2)cc(C(F)(F)F)c1. The van der Waals surface area contributed by atoms with Gasteiger partial charge in [0.2, 0.25) is 0 Å². The molecule has 0 saturated heterocycles. The molecular weight excluding hydrogens is 1170 g/mol. The highest BCUT2D eigenvalue weighted by atomic mass is 32.2. The zero-order valence-corrected chi connectivity index (χ0v) is 43.5. The molecule has 0 aromatic heterocycles. The van der Waals surface area contributed by atoms with E-state index in [0.29, 0.717) is 0 Å². The van der Waals surface area contributed by atoms with Crippen LogP contribution in [0.2, 0.25) is 0 Å². The van der Waals surface area contributed by atoms with E-state index in [9.17, 15) is 105 Å². The maximum Gasteiger partial charge on any atom is 0.416 e. The molecule has 0 saturated carbocycles. The summed E-state index contributed by atoms with van der Waals surface area (Å²) in [6, 6.07) is 11.2. The molecule has 82 heavy (non-hydrogen) atoms. The molecule has 0 aliphatic heterocycles. The second-order valence-corrected chi connectivity index (χ2v) is 21.0. The molecule has 0 bridgehead atoms. The largest absolute Gasteiger partial charge is 0.416 e. The van der Waals surface area contributed by atoms with Crippen molar-refractivity contribution in [2.75, 3.05) is 0 Å². The van der Waals surface area contributed by atoms with Crippen LogP contribution in [0.15, 0.2) is 142 Å². The molecule has 0 nitrogen and oxygen atoms in total. The van der Waals surface area contributed by atoms with Crippen LogP contribution in [0.3, 0.4) is 0 Å². The van der Waals surface area contributed by atoms with E-state index in [1.807, 2.05) is 0 Å². The Morgan fingerprint density at radius 3 is 0.488 bits per heavy atom. The zero-order chi connectivity index (χ0) is 62.1. The van der Waals surface area contributed by atoms with Gasteiger partial charge in [-0.2, -0.15) is 127 Å². The average Bonchev–Trinajstić information content (AvgIpc) is 3.49. The minimum atomic E-state index is -6.13. The standard InChI is InChI=1S/C32H12BF24.C24H27S/c34-25(35,36)13-1-14(26(37,38)39)6-21(5-13)33(22-7-15(27(40,41)42)2-16(8-22)28(43,44)45,23-9-17(29(46,47)48)3-18(10-23)30(49,50)51)24-11-19(31(52,53)54)4-20(12-24)32(55,56)57;1-16-10-7-11-17(2)22(16)25(23-18(3)12-8-13-19(23)4)24-20(5)14-9-15-21(24)6/h1-12H;7-15H,1-6H3/q-1;+1. The third-order valence-electron chi connectivity index (χ3n) is 13.3. The van der Waals surface area contributed by atoms with Gasteiger partial charge in [-0.3, -0.25) is 0 Å². The molecule has 7 rings (SSSR count). The summed E-state index contributed by atoms with van der Waals surface area (Å²) in [5.41, 5.74) is -21.9. The van der Waals surface area contributed by atoms with Crippen molar-refractivity contribution in [3.63, 3.8) is 0 Å². The van der Waals surface area contributed by atoms with Crippen molar-refractivity contribution in [1.82, 2.24) is 0 Å². The fourth-order valence-corrected chi connectivity index (χ4v) is 12.7. The average molecular weight is 1210 g/mol. The van der Waals surface area contributed by atoms with Gasteiger partial charge in [0.15, 0.2) is 14.7 Å². The van der Waals surface area contributed by atoms with Gasteiger partial charge in [0.1, 0.15) is 17.0 Å². The Morgan fingerprint density at radius 2 is 0.366 bits per heavy atom. The molecule has 7 aromatic rings. The van der Waals surface area contributed by atoms with Crippen LogP contribution in [0.1, 0.15) is 77.9 Å². The lowest BCUT2D eigenvalue weighted by Crippen LogP contribution is -2.75. The topological polar surface area (TPSA) is 0 Å². The molecule has 0 aliphatic rings. The van der Waals surface area contributed by atoms with Gasteiger partial charge in [0.25, 0.3) is 0 Å². The van der Waals surface area contributed by atoms with Crippen molar-refractivity contribution in [2.45, 2.75) is 106 Å². The molecule has 0 radical (unpaired) electrons. The lowest BCUT2D eigenvalue weighted by Gasteiger charge is -2.46.